The zero-order chi connectivity index (χ0) is 27.2. The summed E-state index contributed by atoms with van der Waals surface area (Å²) in [7, 11) is 1.61. The third-order valence-corrected chi connectivity index (χ3v) is 6.58. The summed E-state index contributed by atoms with van der Waals surface area (Å²) in [5, 5.41) is 0.0500. The third kappa shape index (κ3) is 7.33. The molecule has 200 valence electrons. The highest BCUT2D eigenvalue weighted by Gasteiger charge is 2.35. The van der Waals surface area contributed by atoms with E-state index < -0.39 is 11.4 Å². The van der Waals surface area contributed by atoms with E-state index >= 15 is 0 Å². The molecule has 0 spiro atoms. The fourth-order valence-corrected chi connectivity index (χ4v) is 4.23. The first kappa shape index (κ1) is 28.7. The number of hydrogen-bond donors (Lipinski definition) is 0. The standard InChI is InChI=1S/C29H36ClFN2O4/c1-19(2)37-24-13-11-21(16-25(24)35-6)8-7-9-23(28(34)33-14-15-36-18-29(33,4)5)32-17-22-12-10-20(3)26(30)27(22)31/h9-13,16-17,19H,7-8,14-15,18H2,1-6H3/b23-9+,32-17?. The zero-order valence-electron chi connectivity index (χ0n) is 22.4. The van der Waals surface area contributed by atoms with Gasteiger partial charge in [-0.2, -0.15) is 0 Å². The largest absolute Gasteiger partial charge is 0.493 e. The number of amides is 1. The van der Waals surface area contributed by atoms with Crippen molar-refractivity contribution in [3.05, 3.63) is 69.6 Å². The van der Waals surface area contributed by atoms with Crippen LogP contribution in [0.1, 0.15) is 50.8 Å². The second-order valence-electron chi connectivity index (χ2n) is 9.96. The molecule has 2 aromatic rings. The minimum absolute atomic E-state index is 0.0341. The molecule has 1 aliphatic rings. The molecule has 0 radical (unpaired) electrons. The van der Waals surface area contributed by atoms with Crippen LogP contribution in [-0.2, 0) is 16.0 Å². The van der Waals surface area contributed by atoms with Gasteiger partial charge in [-0.15, -0.1) is 0 Å². The quantitative estimate of drug-likeness (QED) is 0.288. The van der Waals surface area contributed by atoms with Crippen LogP contribution in [-0.4, -0.2) is 55.5 Å². The van der Waals surface area contributed by atoms with Gasteiger partial charge in [-0.3, -0.25) is 9.79 Å². The van der Waals surface area contributed by atoms with Crippen LogP contribution in [0.5, 0.6) is 11.5 Å². The molecule has 1 amide bonds. The van der Waals surface area contributed by atoms with Crippen molar-refractivity contribution in [3.8, 4) is 11.5 Å². The van der Waals surface area contributed by atoms with E-state index in [2.05, 4.69) is 4.99 Å². The predicted octanol–water partition coefficient (Wildman–Crippen LogP) is 6.16. The summed E-state index contributed by atoms with van der Waals surface area (Å²) in [6, 6.07) is 9.14. The van der Waals surface area contributed by atoms with E-state index in [0.717, 1.165) is 5.56 Å². The van der Waals surface area contributed by atoms with Gasteiger partial charge in [0.1, 0.15) is 5.70 Å². The number of halogens is 2. The lowest BCUT2D eigenvalue weighted by molar-refractivity contribution is -0.142. The van der Waals surface area contributed by atoms with Crippen molar-refractivity contribution in [2.45, 2.75) is 59.1 Å². The molecule has 6 nitrogen and oxygen atoms in total. The highest BCUT2D eigenvalue weighted by molar-refractivity contribution is 6.31. The predicted molar refractivity (Wildman–Crippen MR) is 146 cm³/mol. The number of carbonyl (C=O) groups is 1. The molecule has 8 heteroatoms. The Balaban J connectivity index is 1.86. The van der Waals surface area contributed by atoms with Gasteiger partial charge in [0.15, 0.2) is 17.3 Å². The van der Waals surface area contributed by atoms with E-state index in [1.165, 1.54) is 6.21 Å². The molecule has 1 saturated heterocycles. The maximum absolute atomic E-state index is 14.7. The molecule has 0 bridgehead atoms. The number of hydrogen-bond acceptors (Lipinski definition) is 5. The second-order valence-corrected chi connectivity index (χ2v) is 10.3. The van der Waals surface area contributed by atoms with Gasteiger partial charge in [-0.25, -0.2) is 4.39 Å². The molecular formula is C29H36ClFN2O4. The maximum atomic E-state index is 14.7. The van der Waals surface area contributed by atoms with Gasteiger partial charge < -0.3 is 19.1 Å². The smallest absolute Gasteiger partial charge is 0.272 e. The molecule has 3 rings (SSSR count). The molecule has 2 aromatic carbocycles. The van der Waals surface area contributed by atoms with Crippen LogP contribution in [0, 0.1) is 12.7 Å². The van der Waals surface area contributed by atoms with Crippen molar-refractivity contribution >= 4 is 23.7 Å². The van der Waals surface area contributed by atoms with Crippen molar-refractivity contribution in [2.24, 2.45) is 4.99 Å². The number of rotatable bonds is 9. The SMILES string of the molecule is COc1cc(CC/C=C(/N=Cc2ccc(C)c(Cl)c2F)C(=O)N2CCOCC2(C)C)ccc1OC(C)C. The molecule has 0 saturated carbocycles. The Morgan fingerprint density at radius 2 is 2.03 bits per heavy atom. The summed E-state index contributed by atoms with van der Waals surface area (Å²) in [6.45, 7) is 10.9. The van der Waals surface area contributed by atoms with Gasteiger partial charge in [-0.1, -0.05) is 35.9 Å². The van der Waals surface area contributed by atoms with Crippen LogP contribution in [0.4, 0.5) is 4.39 Å². The molecule has 37 heavy (non-hydrogen) atoms. The third-order valence-electron chi connectivity index (χ3n) is 6.12. The molecule has 0 unspecified atom stereocenters. The van der Waals surface area contributed by atoms with Crippen molar-refractivity contribution < 1.29 is 23.4 Å². The summed E-state index contributed by atoms with van der Waals surface area (Å²) in [5.41, 5.74) is 1.66. The monoisotopic (exact) mass is 530 g/mol. The molecule has 0 atom stereocenters. The van der Waals surface area contributed by atoms with Crippen molar-refractivity contribution in [3.63, 3.8) is 0 Å². The fraction of sp³-hybridized carbons (Fsp3) is 0.448. The van der Waals surface area contributed by atoms with Crippen LogP contribution in [0.2, 0.25) is 5.02 Å². The number of nitrogens with zero attached hydrogens (tertiary/aromatic N) is 2. The molecule has 0 aliphatic carbocycles. The fourth-order valence-electron chi connectivity index (χ4n) is 4.06. The van der Waals surface area contributed by atoms with Crippen LogP contribution < -0.4 is 9.47 Å². The van der Waals surface area contributed by atoms with Crippen LogP contribution in [0.3, 0.4) is 0 Å². The van der Waals surface area contributed by atoms with Gasteiger partial charge in [0.2, 0.25) is 0 Å². The Labute approximate surface area is 224 Å². The van der Waals surface area contributed by atoms with E-state index in [1.54, 1.807) is 37.1 Å². The molecule has 1 aliphatic heterocycles. The van der Waals surface area contributed by atoms with E-state index in [4.69, 9.17) is 25.8 Å². The summed E-state index contributed by atoms with van der Waals surface area (Å²) in [4.78, 5) is 19.8. The van der Waals surface area contributed by atoms with Crippen LogP contribution in [0.25, 0.3) is 0 Å². The average Bonchev–Trinajstić information content (AvgIpc) is 2.85. The maximum Gasteiger partial charge on any atom is 0.272 e. The van der Waals surface area contributed by atoms with Gasteiger partial charge in [0, 0.05) is 18.3 Å². The summed E-state index contributed by atoms with van der Waals surface area (Å²) in [5.74, 6) is 0.568. The van der Waals surface area contributed by atoms with E-state index in [0.29, 0.717) is 49.7 Å². The molecule has 1 fully saturated rings. The Hall–Kier alpha value is -2.90. The van der Waals surface area contributed by atoms with Crippen molar-refractivity contribution in [2.75, 3.05) is 26.9 Å². The summed E-state index contributed by atoms with van der Waals surface area (Å²) >= 11 is 6.08. The minimum atomic E-state index is -0.556. The summed E-state index contributed by atoms with van der Waals surface area (Å²) in [6.07, 6.45) is 4.39. The molecular weight excluding hydrogens is 495 g/mol. The Bertz CT molecular complexity index is 1180. The van der Waals surface area contributed by atoms with Gasteiger partial charge >= 0.3 is 0 Å². The number of carbonyl (C=O) groups excluding carboxylic acids is 1. The highest BCUT2D eigenvalue weighted by atomic mass is 35.5. The lowest BCUT2D eigenvalue weighted by Gasteiger charge is -2.42. The lowest BCUT2D eigenvalue weighted by atomic mass is 10.0. The number of aliphatic imine (C=N–C) groups is 1. The molecule has 0 N–H and O–H groups in total. The normalized spacial score (nSPS) is 15.9. The minimum Gasteiger partial charge on any atom is -0.493 e. The number of ether oxygens (including phenoxy) is 3. The lowest BCUT2D eigenvalue weighted by Crippen LogP contribution is -2.55. The highest BCUT2D eigenvalue weighted by Crippen LogP contribution is 2.30. The molecule has 0 aromatic heterocycles. The van der Waals surface area contributed by atoms with Crippen molar-refractivity contribution in [1.82, 2.24) is 4.90 Å². The number of aryl methyl sites for hydroxylation is 2. The Morgan fingerprint density at radius 1 is 1.27 bits per heavy atom. The van der Waals surface area contributed by atoms with Gasteiger partial charge in [-0.05, 0) is 70.7 Å². The molecule has 1 heterocycles. The van der Waals surface area contributed by atoms with Crippen molar-refractivity contribution in [1.29, 1.82) is 0 Å². The van der Waals surface area contributed by atoms with Gasteiger partial charge in [0.05, 0.1) is 37.0 Å². The zero-order valence-corrected chi connectivity index (χ0v) is 23.2. The summed E-state index contributed by atoms with van der Waals surface area (Å²) < 4.78 is 31.5. The van der Waals surface area contributed by atoms with Crippen LogP contribution in [0.15, 0.2) is 47.1 Å². The van der Waals surface area contributed by atoms with E-state index in [1.807, 2.05) is 45.9 Å². The first-order valence-corrected chi connectivity index (χ1v) is 12.8. The van der Waals surface area contributed by atoms with E-state index in [9.17, 15) is 9.18 Å². The number of methoxy groups -OCH3 is 1. The Morgan fingerprint density at radius 3 is 2.70 bits per heavy atom. The first-order valence-electron chi connectivity index (χ1n) is 12.5. The number of morpholine rings is 1. The first-order chi connectivity index (χ1) is 17.5. The second kappa shape index (κ2) is 12.6. The number of allylic oxidation sites excluding steroid dienone is 1. The number of benzene rings is 2. The van der Waals surface area contributed by atoms with E-state index in [-0.39, 0.29) is 28.3 Å². The average molecular weight is 531 g/mol. The van der Waals surface area contributed by atoms with Gasteiger partial charge in [0.25, 0.3) is 5.91 Å². The Kier molecular flexibility index (Phi) is 9.74. The van der Waals surface area contributed by atoms with Crippen LogP contribution >= 0.6 is 11.6 Å². The topological polar surface area (TPSA) is 60.4 Å².